The van der Waals surface area contributed by atoms with E-state index in [1.165, 1.54) is 5.56 Å². The van der Waals surface area contributed by atoms with Crippen molar-refractivity contribution in [1.82, 2.24) is 0 Å². The second kappa shape index (κ2) is 6.08. The lowest BCUT2D eigenvalue weighted by molar-refractivity contribution is 0.408. The zero-order chi connectivity index (χ0) is 15.6. The van der Waals surface area contributed by atoms with Crippen molar-refractivity contribution in [2.45, 2.75) is 33.7 Å². The molecule has 0 aliphatic heterocycles. The Balaban J connectivity index is 2.32. The van der Waals surface area contributed by atoms with E-state index in [-0.39, 0.29) is 6.04 Å². The molecule has 0 aromatic heterocycles. The normalized spacial score (nSPS) is 12.0. The number of hydrogen-bond acceptors (Lipinski definition) is 3. The van der Waals surface area contributed by atoms with Gasteiger partial charge in [0.15, 0.2) is 0 Å². The summed E-state index contributed by atoms with van der Waals surface area (Å²) >= 11 is 0. The molecule has 0 fully saturated rings. The molecule has 0 heterocycles. The first-order valence-electron chi connectivity index (χ1n) is 7.14. The summed E-state index contributed by atoms with van der Waals surface area (Å²) in [5.41, 5.74) is 5.00. The van der Waals surface area contributed by atoms with Gasteiger partial charge in [0.2, 0.25) is 0 Å². The van der Waals surface area contributed by atoms with Gasteiger partial charge in [-0.05, 0) is 45.4 Å². The van der Waals surface area contributed by atoms with Crippen molar-refractivity contribution >= 4 is 5.69 Å². The second-order valence-electron chi connectivity index (χ2n) is 5.52. The fraction of sp³-hybridized carbons (Fsp3) is 0.333. The van der Waals surface area contributed by atoms with E-state index in [1.807, 2.05) is 38.1 Å². The van der Waals surface area contributed by atoms with Crippen LogP contribution in [0.5, 0.6) is 11.5 Å². The van der Waals surface area contributed by atoms with E-state index in [1.54, 1.807) is 7.11 Å². The van der Waals surface area contributed by atoms with Gasteiger partial charge in [-0.15, -0.1) is 0 Å². The highest BCUT2D eigenvalue weighted by atomic mass is 16.5. The largest absolute Gasteiger partial charge is 0.507 e. The molecule has 1 atom stereocenters. The topological polar surface area (TPSA) is 41.5 Å². The summed E-state index contributed by atoms with van der Waals surface area (Å²) in [6.45, 7) is 7.98. The van der Waals surface area contributed by atoms with Gasteiger partial charge in [-0.2, -0.15) is 0 Å². The number of anilines is 1. The number of phenolic OH excluding ortho intramolecular Hbond substituents is 1. The van der Waals surface area contributed by atoms with Crippen LogP contribution in [-0.4, -0.2) is 12.2 Å². The minimum Gasteiger partial charge on any atom is -0.507 e. The van der Waals surface area contributed by atoms with Gasteiger partial charge in [0.05, 0.1) is 13.2 Å². The number of nitrogens with one attached hydrogen (secondary N) is 1. The molecule has 0 aliphatic carbocycles. The van der Waals surface area contributed by atoms with Gasteiger partial charge < -0.3 is 15.2 Å². The fourth-order valence-electron chi connectivity index (χ4n) is 2.50. The summed E-state index contributed by atoms with van der Waals surface area (Å²) in [5, 5.41) is 13.5. The van der Waals surface area contributed by atoms with Crippen LogP contribution in [0.3, 0.4) is 0 Å². The quantitative estimate of drug-likeness (QED) is 0.869. The molecule has 0 amide bonds. The number of aromatic hydroxyl groups is 1. The number of hydrogen-bond donors (Lipinski definition) is 2. The highest BCUT2D eigenvalue weighted by Gasteiger charge is 2.14. The molecule has 0 radical (unpaired) electrons. The van der Waals surface area contributed by atoms with Crippen molar-refractivity contribution in [2.24, 2.45) is 0 Å². The molecule has 1 unspecified atom stereocenters. The Hall–Kier alpha value is -2.16. The molecule has 0 aliphatic rings. The number of methoxy groups -OCH3 is 1. The Labute approximate surface area is 126 Å². The molecule has 2 aromatic rings. The molecule has 0 bridgehead atoms. The molecule has 3 heteroatoms. The molecule has 2 rings (SSSR count). The summed E-state index contributed by atoms with van der Waals surface area (Å²) in [4.78, 5) is 0. The lowest BCUT2D eigenvalue weighted by Crippen LogP contribution is -2.09. The van der Waals surface area contributed by atoms with Crippen molar-refractivity contribution in [1.29, 1.82) is 0 Å². The lowest BCUT2D eigenvalue weighted by atomic mass is 10.0. The standard InChI is InChI=1S/C18H23NO2/c1-11-6-9-17(21-5)15(10-11)14(4)19-16-8-7-12(2)18(20)13(16)3/h6-10,14,19-20H,1-5H3. The Kier molecular flexibility index (Phi) is 4.41. The highest BCUT2D eigenvalue weighted by Crippen LogP contribution is 2.33. The minimum absolute atomic E-state index is 0.0839. The Morgan fingerprint density at radius 3 is 2.48 bits per heavy atom. The van der Waals surface area contributed by atoms with Crippen LogP contribution in [0.25, 0.3) is 0 Å². The van der Waals surface area contributed by atoms with E-state index in [4.69, 9.17) is 4.74 Å². The van der Waals surface area contributed by atoms with Crippen LogP contribution in [0.4, 0.5) is 5.69 Å². The van der Waals surface area contributed by atoms with Crippen LogP contribution < -0.4 is 10.1 Å². The number of benzene rings is 2. The van der Waals surface area contributed by atoms with E-state index in [2.05, 4.69) is 25.2 Å². The van der Waals surface area contributed by atoms with E-state index < -0.39 is 0 Å². The maximum absolute atomic E-state index is 10.1. The molecule has 0 spiro atoms. The van der Waals surface area contributed by atoms with E-state index in [0.717, 1.165) is 28.1 Å². The first-order valence-corrected chi connectivity index (χ1v) is 7.14. The molecule has 0 saturated carbocycles. The average molecular weight is 285 g/mol. The third-order valence-electron chi connectivity index (χ3n) is 3.86. The SMILES string of the molecule is COc1ccc(C)cc1C(C)Nc1ccc(C)c(O)c1C. The lowest BCUT2D eigenvalue weighted by Gasteiger charge is -2.21. The number of ether oxygens (including phenoxy) is 1. The third kappa shape index (κ3) is 3.13. The molecule has 21 heavy (non-hydrogen) atoms. The second-order valence-corrected chi connectivity index (χ2v) is 5.52. The number of rotatable bonds is 4. The van der Waals surface area contributed by atoms with E-state index in [0.29, 0.717) is 5.75 Å². The van der Waals surface area contributed by atoms with Gasteiger partial charge >= 0.3 is 0 Å². The molecule has 2 N–H and O–H groups in total. The Morgan fingerprint density at radius 1 is 1.10 bits per heavy atom. The van der Waals surface area contributed by atoms with Crippen LogP contribution in [0.2, 0.25) is 0 Å². The van der Waals surface area contributed by atoms with Crippen molar-refractivity contribution < 1.29 is 9.84 Å². The van der Waals surface area contributed by atoms with Crippen molar-refractivity contribution in [3.8, 4) is 11.5 Å². The summed E-state index contributed by atoms with van der Waals surface area (Å²) < 4.78 is 5.44. The van der Waals surface area contributed by atoms with Gasteiger partial charge in [-0.1, -0.05) is 23.8 Å². The van der Waals surface area contributed by atoms with Crippen LogP contribution in [0.15, 0.2) is 30.3 Å². The van der Waals surface area contributed by atoms with Gasteiger partial charge in [0.1, 0.15) is 11.5 Å². The molecule has 0 saturated heterocycles. The minimum atomic E-state index is 0.0839. The van der Waals surface area contributed by atoms with E-state index >= 15 is 0 Å². The first kappa shape index (κ1) is 15.2. The van der Waals surface area contributed by atoms with Crippen molar-refractivity contribution in [3.05, 3.63) is 52.6 Å². The van der Waals surface area contributed by atoms with Gasteiger partial charge in [0.25, 0.3) is 0 Å². The maximum atomic E-state index is 10.1. The Morgan fingerprint density at radius 2 is 1.81 bits per heavy atom. The average Bonchev–Trinajstić information content (AvgIpc) is 2.47. The molecule has 3 nitrogen and oxygen atoms in total. The van der Waals surface area contributed by atoms with Crippen LogP contribution in [-0.2, 0) is 0 Å². The predicted octanol–water partition coefficient (Wildman–Crippen LogP) is 4.50. The summed E-state index contributed by atoms with van der Waals surface area (Å²) in [6.07, 6.45) is 0. The van der Waals surface area contributed by atoms with Crippen LogP contribution in [0, 0.1) is 20.8 Å². The zero-order valence-corrected chi connectivity index (χ0v) is 13.3. The Bertz CT molecular complexity index is 650. The monoisotopic (exact) mass is 285 g/mol. The highest BCUT2D eigenvalue weighted by molar-refractivity contribution is 5.60. The molecule has 112 valence electrons. The summed E-state index contributed by atoms with van der Waals surface area (Å²) in [5.74, 6) is 1.22. The van der Waals surface area contributed by atoms with Gasteiger partial charge in [-0.3, -0.25) is 0 Å². The first-order chi connectivity index (χ1) is 9.93. The summed E-state index contributed by atoms with van der Waals surface area (Å²) in [7, 11) is 1.68. The number of phenols is 1. The third-order valence-corrected chi connectivity index (χ3v) is 3.86. The maximum Gasteiger partial charge on any atom is 0.124 e. The van der Waals surface area contributed by atoms with Crippen LogP contribution in [0.1, 0.15) is 35.2 Å². The van der Waals surface area contributed by atoms with Crippen molar-refractivity contribution in [3.63, 3.8) is 0 Å². The predicted molar refractivity (Wildman–Crippen MR) is 87.3 cm³/mol. The summed E-state index contributed by atoms with van der Waals surface area (Å²) in [6, 6.07) is 10.2. The molecular formula is C18H23NO2. The fourth-order valence-corrected chi connectivity index (χ4v) is 2.50. The molecular weight excluding hydrogens is 262 g/mol. The molecule has 2 aromatic carbocycles. The van der Waals surface area contributed by atoms with Crippen LogP contribution >= 0.6 is 0 Å². The van der Waals surface area contributed by atoms with E-state index in [9.17, 15) is 5.11 Å². The van der Waals surface area contributed by atoms with Gasteiger partial charge in [-0.25, -0.2) is 0 Å². The smallest absolute Gasteiger partial charge is 0.124 e. The zero-order valence-electron chi connectivity index (χ0n) is 13.3. The van der Waals surface area contributed by atoms with Gasteiger partial charge in [0, 0.05) is 16.8 Å². The van der Waals surface area contributed by atoms with Crippen molar-refractivity contribution in [2.75, 3.05) is 12.4 Å². The number of aryl methyl sites for hydroxylation is 2.